The first kappa shape index (κ1) is 15.4. The Labute approximate surface area is 112 Å². The Morgan fingerprint density at radius 2 is 1.68 bits per heavy atom. The molecule has 0 saturated heterocycles. The SMILES string of the molecule is COC(=O)CCCCCCC(=O)OC1=CC(=O)CC1. The van der Waals surface area contributed by atoms with Crippen molar-refractivity contribution in [3.63, 3.8) is 0 Å². The highest BCUT2D eigenvalue weighted by Crippen LogP contribution is 2.17. The van der Waals surface area contributed by atoms with Crippen LogP contribution in [-0.2, 0) is 23.9 Å². The van der Waals surface area contributed by atoms with Crippen LogP contribution >= 0.6 is 0 Å². The molecule has 0 radical (unpaired) electrons. The van der Waals surface area contributed by atoms with Gasteiger partial charge in [-0.25, -0.2) is 0 Å². The number of ether oxygens (including phenoxy) is 2. The van der Waals surface area contributed by atoms with Crippen LogP contribution in [0.2, 0.25) is 0 Å². The molecule has 106 valence electrons. The summed E-state index contributed by atoms with van der Waals surface area (Å²) in [4.78, 5) is 33.2. The highest BCUT2D eigenvalue weighted by Gasteiger charge is 2.15. The minimum Gasteiger partial charge on any atom is -0.469 e. The van der Waals surface area contributed by atoms with Gasteiger partial charge in [-0.15, -0.1) is 0 Å². The Morgan fingerprint density at radius 1 is 1.05 bits per heavy atom. The number of hydrogen-bond acceptors (Lipinski definition) is 5. The van der Waals surface area contributed by atoms with Gasteiger partial charge in [-0.3, -0.25) is 14.4 Å². The first-order valence-corrected chi connectivity index (χ1v) is 6.62. The lowest BCUT2D eigenvalue weighted by Gasteiger charge is -2.04. The maximum atomic E-state index is 11.4. The molecule has 0 aromatic heterocycles. The molecule has 1 aliphatic carbocycles. The van der Waals surface area contributed by atoms with Crippen LogP contribution in [0.25, 0.3) is 0 Å². The number of allylic oxidation sites excluding steroid dienone is 2. The quantitative estimate of drug-likeness (QED) is 0.499. The number of rotatable bonds is 8. The van der Waals surface area contributed by atoms with Crippen LogP contribution in [0, 0.1) is 0 Å². The fourth-order valence-electron chi connectivity index (χ4n) is 1.84. The second-order valence-corrected chi connectivity index (χ2v) is 4.54. The van der Waals surface area contributed by atoms with Crippen molar-refractivity contribution in [3.8, 4) is 0 Å². The van der Waals surface area contributed by atoms with E-state index in [1.807, 2.05) is 0 Å². The molecule has 1 aliphatic rings. The maximum Gasteiger partial charge on any atom is 0.310 e. The summed E-state index contributed by atoms with van der Waals surface area (Å²) in [7, 11) is 1.38. The molecule has 0 aromatic rings. The molecule has 0 bridgehead atoms. The highest BCUT2D eigenvalue weighted by atomic mass is 16.5. The van der Waals surface area contributed by atoms with Gasteiger partial charge in [-0.2, -0.15) is 0 Å². The second-order valence-electron chi connectivity index (χ2n) is 4.54. The van der Waals surface area contributed by atoms with Crippen molar-refractivity contribution in [2.45, 2.75) is 51.4 Å². The van der Waals surface area contributed by atoms with E-state index in [1.165, 1.54) is 13.2 Å². The Bertz CT molecular complexity index is 370. The number of methoxy groups -OCH3 is 1. The number of carbonyl (C=O) groups is 3. The number of ketones is 1. The van der Waals surface area contributed by atoms with Gasteiger partial charge >= 0.3 is 11.9 Å². The van der Waals surface area contributed by atoms with Gasteiger partial charge in [0, 0.05) is 31.8 Å². The predicted molar refractivity (Wildman–Crippen MR) is 68.1 cm³/mol. The molecule has 0 fully saturated rings. The van der Waals surface area contributed by atoms with Gasteiger partial charge in [0.05, 0.1) is 7.11 Å². The number of carbonyl (C=O) groups excluding carboxylic acids is 3. The minimum absolute atomic E-state index is 0.0191. The topological polar surface area (TPSA) is 69.7 Å². The van der Waals surface area contributed by atoms with Gasteiger partial charge in [0.25, 0.3) is 0 Å². The van der Waals surface area contributed by atoms with E-state index < -0.39 is 0 Å². The second kappa shape index (κ2) is 8.45. The summed E-state index contributed by atoms with van der Waals surface area (Å²) in [5, 5.41) is 0. The molecular weight excluding hydrogens is 248 g/mol. The molecule has 1 rings (SSSR count). The van der Waals surface area contributed by atoms with E-state index >= 15 is 0 Å². The van der Waals surface area contributed by atoms with Crippen molar-refractivity contribution >= 4 is 17.7 Å². The third-order valence-electron chi connectivity index (χ3n) is 2.92. The molecule has 0 atom stereocenters. The smallest absolute Gasteiger partial charge is 0.310 e. The highest BCUT2D eigenvalue weighted by molar-refractivity contribution is 5.93. The zero-order valence-corrected chi connectivity index (χ0v) is 11.3. The minimum atomic E-state index is -0.283. The van der Waals surface area contributed by atoms with Gasteiger partial charge in [0.1, 0.15) is 5.76 Å². The lowest BCUT2D eigenvalue weighted by atomic mass is 10.1. The van der Waals surface area contributed by atoms with Crippen molar-refractivity contribution in [2.75, 3.05) is 7.11 Å². The molecule has 0 saturated carbocycles. The molecule has 0 spiro atoms. The molecule has 0 N–H and O–H groups in total. The first-order chi connectivity index (χ1) is 9.11. The van der Waals surface area contributed by atoms with E-state index in [2.05, 4.69) is 4.74 Å². The monoisotopic (exact) mass is 268 g/mol. The van der Waals surface area contributed by atoms with Gasteiger partial charge in [-0.1, -0.05) is 12.8 Å². The maximum absolute atomic E-state index is 11.4. The molecule has 0 amide bonds. The predicted octanol–water partition coefficient (Wildman–Crippen LogP) is 2.29. The molecule has 0 unspecified atom stereocenters. The van der Waals surface area contributed by atoms with Gasteiger partial charge in [-0.05, 0) is 12.8 Å². The van der Waals surface area contributed by atoms with E-state index in [1.54, 1.807) is 0 Å². The Morgan fingerprint density at radius 3 is 2.21 bits per heavy atom. The normalized spacial score (nSPS) is 14.2. The molecule has 0 heterocycles. The standard InChI is InChI=1S/C14H20O5/c1-18-13(16)6-4-2-3-5-7-14(17)19-12-9-8-11(15)10-12/h10H,2-9H2,1H3. The molecule has 5 heteroatoms. The van der Waals surface area contributed by atoms with Crippen molar-refractivity contribution in [3.05, 3.63) is 11.8 Å². The summed E-state index contributed by atoms with van der Waals surface area (Å²) < 4.78 is 9.60. The van der Waals surface area contributed by atoms with Crippen molar-refractivity contribution in [1.82, 2.24) is 0 Å². The molecule has 19 heavy (non-hydrogen) atoms. The summed E-state index contributed by atoms with van der Waals surface area (Å²) in [6.45, 7) is 0. The summed E-state index contributed by atoms with van der Waals surface area (Å²) in [6.07, 6.45) is 6.43. The molecular formula is C14H20O5. The summed E-state index contributed by atoms with van der Waals surface area (Å²) >= 11 is 0. The lowest BCUT2D eigenvalue weighted by molar-refractivity contribution is -0.141. The van der Waals surface area contributed by atoms with Gasteiger partial charge in [0.15, 0.2) is 5.78 Å². The van der Waals surface area contributed by atoms with E-state index in [0.717, 1.165) is 25.7 Å². The largest absolute Gasteiger partial charge is 0.469 e. The average Bonchev–Trinajstić information content (AvgIpc) is 2.78. The average molecular weight is 268 g/mol. The van der Waals surface area contributed by atoms with E-state index in [-0.39, 0.29) is 17.7 Å². The fraction of sp³-hybridized carbons (Fsp3) is 0.643. The van der Waals surface area contributed by atoms with Crippen molar-refractivity contribution in [2.24, 2.45) is 0 Å². The number of esters is 2. The van der Waals surface area contributed by atoms with Crippen LogP contribution in [0.15, 0.2) is 11.8 Å². The van der Waals surface area contributed by atoms with Crippen LogP contribution in [0.4, 0.5) is 0 Å². The third-order valence-corrected chi connectivity index (χ3v) is 2.92. The van der Waals surface area contributed by atoms with E-state index in [4.69, 9.17) is 4.74 Å². The van der Waals surface area contributed by atoms with Crippen molar-refractivity contribution < 1.29 is 23.9 Å². The Balaban J connectivity index is 2.00. The Kier molecular flexibility index (Phi) is 6.85. The van der Waals surface area contributed by atoms with Crippen LogP contribution in [0.3, 0.4) is 0 Å². The van der Waals surface area contributed by atoms with Crippen LogP contribution < -0.4 is 0 Å². The van der Waals surface area contributed by atoms with Crippen LogP contribution in [0.1, 0.15) is 51.4 Å². The number of unbranched alkanes of at least 4 members (excludes halogenated alkanes) is 3. The van der Waals surface area contributed by atoms with Crippen molar-refractivity contribution in [1.29, 1.82) is 0 Å². The summed E-state index contributed by atoms with van der Waals surface area (Å²) in [6, 6.07) is 0. The first-order valence-electron chi connectivity index (χ1n) is 6.62. The molecule has 0 aromatic carbocycles. The molecule has 5 nitrogen and oxygen atoms in total. The Hall–Kier alpha value is -1.65. The summed E-state index contributed by atoms with van der Waals surface area (Å²) in [5.74, 6) is 0.0254. The molecule has 0 aliphatic heterocycles. The van der Waals surface area contributed by atoms with Gasteiger partial charge in [0.2, 0.25) is 0 Å². The van der Waals surface area contributed by atoms with E-state index in [9.17, 15) is 14.4 Å². The van der Waals surface area contributed by atoms with Crippen LogP contribution in [0.5, 0.6) is 0 Å². The lowest BCUT2D eigenvalue weighted by Crippen LogP contribution is -2.03. The summed E-state index contributed by atoms with van der Waals surface area (Å²) in [5.41, 5.74) is 0. The third kappa shape index (κ3) is 6.74. The zero-order chi connectivity index (χ0) is 14.1. The zero-order valence-electron chi connectivity index (χ0n) is 11.3. The van der Waals surface area contributed by atoms with Gasteiger partial charge < -0.3 is 9.47 Å². The van der Waals surface area contributed by atoms with E-state index in [0.29, 0.717) is 31.4 Å². The fourth-order valence-corrected chi connectivity index (χ4v) is 1.84. The number of hydrogen-bond donors (Lipinski definition) is 0. The van der Waals surface area contributed by atoms with Crippen LogP contribution in [-0.4, -0.2) is 24.8 Å².